The van der Waals surface area contributed by atoms with Crippen LogP contribution in [0.2, 0.25) is 0 Å². The molecule has 1 aliphatic heterocycles. The van der Waals surface area contributed by atoms with Crippen LogP contribution in [0.25, 0.3) is 0 Å². The highest BCUT2D eigenvalue weighted by Gasteiger charge is 2.21. The van der Waals surface area contributed by atoms with Crippen molar-refractivity contribution in [3.05, 3.63) is 57.3 Å². The highest BCUT2D eigenvalue weighted by Crippen LogP contribution is 2.27. The second-order valence-electron chi connectivity index (χ2n) is 5.94. The minimum absolute atomic E-state index is 0.800. The van der Waals surface area contributed by atoms with E-state index in [9.17, 15) is 0 Å². The van der Waals surface area contributed by atoms with E-state index in [2.05, 4.69) is 46.6 Å². The normalized spacial score (nSPS) is 18.4. The molecule has 1 saturated carbocycles. The van der Waals surface area contributed by atoms with Crippen molar-refractivity contribution >= 4 is 11.3 Å². The molecular weight excluding hydrogens is 264 g/mol. The summed E-state index contributed by atoms with van der Waals surface area (Å²) in [7, 11) is 0. The highest BCUT2D eigenvalue weighted by molar-refractivity contribution is 7.11. The number of rotatable bonds is 5. The molecule has 1 fully saturated rings. The molecule has 3 heteroatoms. The van der Waals surface area contributed by atoms with Crippen LogP contribution >= 0.6 is 11.3 Å². The maximum Gasteiger partial charge on any atom is 0.0335 e. The Kier molecular flexibility index (Phi) is 3.34. The van der Waals surface area contributed by atoms with Crippen LogP contribution in [0.3, 0.4) is 0 Å². The number of hydrogen-bond donors (Lipinski definition) is 1. The maximum absolute atomic E-state index is 3.59. The Morgan fingerprint density at radius 2 is 1.70 bits per heavy atom. The van der Waals surface area contributed by atoms with Gasteiger partial charge in [-0.2, -0.15) is 0 Å². The molecule has 20 heavy (non-hydrogen) atoms. The van der Waals surface area contributed by atoms with Gasteiger partial charge in [0.15, 0.2) is 0 Å². The van der Waals surface area contributed by atoms with Crippen molar-refractivity contribution in [2.45, 2.75) is 45.1 Å². The number of nitrogens with one attached hydrogen (secondary N) is 1. The zero-order valence-electron chi connectivity index (χ0n) is 11.6. The number of benzene rings is 1. The van der Waals surface area contributed by atoms with Crippen LogP contribution in [0.1, 0.15) is 33.7 Å². The SMILES string of the molecule is c1ccc2c(c1)CN(Cc1ccc(CNC3CC3)s1)C2. The van der Waals surface area contributed by atoms with E-state index in [-0.39, 0.29) is 0 Å². The molecule has 1 aromatic heterocycles. The predicted octanol–water partition coefficient (Wildman–Crippen LogP) is 3.52. The Morgan fingerprint density at radius 1 is 1.00 bits per heavy atom. The molecule has 0 spiro atoms. The molecule has 2 aliphatic rings. The first-order valence-corrected chi connectivity index (χ1v) is 8.28. The molecule has 0 saturated heterocycles. The van der Waals surface area contributed by atoms with Gasteiger partial charge >= 0.3 is 0 Å². The minimum Gasteiger partial charge on any atom is -0.309 e. The van der Waals surface area contributed by atoms with Gasteiger partial charge in [-0.15, -0.1) is 11.3 Å². The molecule has 1 aliphatic carbocycles. The summed E-state index contributed by atoms with van der Waals surface area (Å²) in [5.74, 6) is 0. The molecule has 4 rings (SSSR count). The molecule has 2 heterocycles. The van der Waals surface area contributed by atoms with Crippen LogP contribution in [-0.4, -0.2) is 10.9 Å². The molecule has 2 aromatic rings. The third-order valence-electron chi connectivity index (χ3n) is 4.15. The Morgan fingerprint density at radius 3 is 2.40 bits per heavy atom. The lowest BCUT2D eigenvalue weighted by Crippen LogP contribution is -2.15. The summed E-state index contributed by atoms with van der Waals surface area (Å²) in [6, 6.07) is 14.2. The van der Waals surface area contributed by atoms with Gasteiger partial charge in [-0.25, -0.2) is 0 Å². The Bertz CT molecular complexity index is 576. The van der Waals surface area contributed by atoms with E-state index in [1.54, 1.807) is 0 Å². The van der Waals surface area contributed by atoms with E-state index in [1.807, 2.05) is 11.3 Å². The van der Waals surface area contributed by atoms with E-state index in [0.717, 1.165) is 32.2 Å². The van der Waals surface area contributed by atoms with Gasteiger partial charge in [0.25, 0.3) is 0 Å². The van der Waals surface area contributed by atoms with E-state index in [4.69, 9.17) is 0 Å². The zero-order valence-corrected chi connectivity index (χ0v) is 12.5. The number of fused-ring (bicyclic) bond motifs is 1. The van der Waals surface area contributed by atoms with E-state index in [1.165, 1.54) is 33.7 Å². The third-order valence-corrected chi connectivity index (χ3v) is 5.22. The van der Waals surface area contributed by atoms with Crippen molar-refractivity contribution in [1.82, 2.24) is 10.2 Å². The maximum atomic E-state index is 3.59. The number of hydrogen-bond acceptors (Lipinski definition) is 3. The summed E-state index contributed by atoms with van der Waals surface area (Å²) in [5.41, 5.74) is 3.00. The fourth-order valence-corrected chi connectivity index (χ4v) is 3.88. The van der Waals surface area contributed by atoms with E-state index >= 15 is 0 Å². The molecule has 104 valence electrons. The zero-order chi connectivity index (χ0) is 13.4. The standard InChI is InChI=1S/C17H20N2S/c1-2-4-14-11-19(10-13(14)3-1)12-17-8-7-16(20-17)9-18-15-5-6-15/h1-4,7-8,15,18H,5-6,9-12H2. The minimum atomic E-state index is 0.800. The Balaban J connectivity index is 1.35. The monoisotopic (exact) mass is 284 g/mol. The van der Waals surface area contributed by atoms with Crippen LogP contribution in [-0.2, 0) is 26.2 Å². The first-order valence-electron chi connectivity index (χ1n) is 7.47. The van der Waals surface area contributed by atoms with Gasteiger partial charge in [0, 0.05) is 42.0 Å². The lowest BCUT2D eigenvalue weighted by Gasteiger charge is -2.12. The van der Waals surface area contributed by atoms with Crippen molar-refractivity contribution in [2.75, 3.05) is 0 Å². The highest BCUT2D eigenvalue weighted by atomic mass is 32.1. The molecule has 1 N–H and O–H groups in total. The fraction of sp³-hybridized carbons (Fsp3) is 0.412. The van der Waals surface area contributed by atoms with Crippen molar-refractivity contribution in [3.8, 4) is 0 Å². The van der Waals surface area contributed by atoms with Gasteiger partial charge in [-0.3, -0.25) is 4.90 Å². The molecule has 1 aromatic carbocycles. The second kappa shape index (κ2) is 5.32. The summed E-state index contributed by atoms with van der Waals surface area (Å²) in [5, 5.41) is 3.59. The Labute approximate surface area is 124 Å². The molecular formula is C17H20N2S. The molecule has 0 radical (unpaired) electrons. The summed E-state index contributed by atoms with van der Waals surface area (Å²) in [6.45, 7) is 4.34. The smallest absolute Gasteiger partial charge is 0.0335 e. The number of nitrogens with zero attached hydrogens (tertiary/aromatic N) is 1. The second-order valence-corrected chi connectivity index (χ2v) is 7.19. The first-order chi connectivity index (χ1) is 9.87. The molecule has 0 bridgehead atoms. The summed E-state index contributed by atoms with van der Waals surface area (Å²) < 4.78 is 0. The quantitative estimate of drug-likeness (QED) is 0.904. The third kappa shape index (κ3) is 2.80. The van der Waals surface area contributed by atoms with Gasteiger partial charge in [0.2, 0.25) is 0 Å². The molecule has 0 atom stereocenters. The van der Waals surface area contributed by atoms with Crippen LogP contribution in [0.5, 0.6) is 0 Å². The summed E-state index contributed by atoms with van der Waals surface area (Å²) in [6.07, 6.45) is 2.73. The Hall–Kier alpha value is -1.16. The largest absolute Gasteiger partial charge is 0.309 e. The lowest BCUT2D eigenvalue weighted by atomic mass is 10.1. The molecule has 2 nitrogen and oxygen atoms in total. The van der Waals surface area contributed by atoms with Crippen LogP contribution in [0, 0.1) is 0 Å². The van der Waals surface area contributed by atoms with Gasteiger partial charge < -0.3 is 5.32 Å². The molecule has 0 unspecified atom stereocenters. The van der Waals surface area contributed by atoms with Gasteiger partial charge in [0.05, 0.1) is 0 Å². The van der Waals surface area contributed by atoms with Gasteiger partial charge in [0.1, 0.15) is 0 Å². The van der Waals surface area contributed by atoms with Crippen LogP contribution < -0.4 is 5.32 Å². The molecule has 0 amide bonds. The topological polar surface area (TPSA) is 15.3 Å². The van der Waals surface area contributed by atoms with Crippen molar-refractivity contribution in [3.63, 3.8) is 0 Å². The average Bonchev–Trinajstić information content (AvgIpc) is 3.04. The van der Waals surface area contributed by atoms with E-state index < -0.39 is 0 Å². The van der Waals surface area contributed by atoms with E-state index in [0.29, 0.717) is 0 Å². The van der Waals surface area contributed by atoms with Crippen LogP contribution in [0.4, 0.5) is 0 Å². The number of thiophene rings is 1. The summed E-state index contributed by atoms with van der Waals surface area (Å²) in [4.78, 5) is 5.50. The average molecular weight is 284 g/mol. The predicted molar refractivity (Wildman–Crippen MR) is 83.6 cm³/mol. The lowest BCUT2D eigenvalue weighted by molar-refractivity contribution is 0.278. The van der Waals surface area contributed by atoms with Crippen molar-refractivity contribution < 1.29 is 0 Å². The summed E-state index contributed by atoms with van der Waals surface area (Å²) >= 11 is 1.96. The van der Waals surface area contributed by atoms with Gasteiger partial charge in [-0.1, -0.05) is 24.3 Å². The van der Waals surface area contributed by atoms with Crippen LogP contribution in [0.15, 0.2) is 36.4 Å². The van der Waals surface area contributed by atoms with Crippen molar-refractivity contribution in [2.24, 2.45) is 0 Å². The van der Waals surface area contributed by atoms with Gasteiger partial charge in [-0.05, 0) is 36.1 Å². The van der Waals surface area contributed by atoms with Crippen molar-refractivity contribution in [1.29, 1.82) is 0 Å². The fourth-order valence-electron chi connectivity index (χ4n) is 2.87. The first kappa shape index (κ1) is 12.6.